The third kappa shape index (κ3) is 2.42. The van der Waals surface area contributed by atoms with Gasteiger partial charge in [0.25, 0.3) is 0 Å². The summed E-state index contributed by atoms with van der Waals surface area (Å²) in [6.07, 6.45) is 7.20. The largest absolute Gasteiger partial charge is 0.304 e. The monoisotopic (exact) mass is 253 g/mol. The molecule has 0 aromatic carbocycles. The third-order valence-electron chi connectivity index (χ3n) is 4.91. The molecule has 4 N–H and O–H groups in total. The Morgan fingerprint density at radius 2 is 1.89 bits per heavy atom. The fraction of sp³-hybridized carbons (Fsp3) is 1.00. The molecule has 18 heavy (non-hydrogen) atoms. The lowest BCUT2D eigenvalue weighted by molar-refractivity contribution is 0.0329. The average molecular weight is 253 g/mol. The number of nitrogens with zero attached hydrogens (tertiary/aromatic N) is 2. The molecule has 104 valence electrons. The molecule has 3 unspecified atom stereocenters. The van der Waals surface area contributed by atoms with Crippen LogP contribution in [0.3, 0.4) is 0 Å². The van der Waals surface area contributed by atoms with Gasteiger partial charge in [-0.15, -0.1) is 0 Å². The molecule has 2 aliphatic heterocycles. The van der Waals surface area contributed by atoms with Crippen LogP contribution in [0.2, 0.25) is 0 Å². The Labute approximate surface area is 110 Å². The lowest BCUT2D eigenvalue weighted by Crippen LogP contribution is -2.72. The van der Waals surface area contributed by atoms with Crippen molar-refractivity contribution in [2.24, 2.45) is 5.73 Å². The van der Waals surface area contributed by atoms with Gasteiger partial charge in [-0.1, -0.05) is 12.8 Å². The fourth-order valence-electron chi connectivity index (χ4n) is 3.88. The zero-order valence-corrected chi connectivity index (χ0v) is 11.4. The lowest BCUT2D eigenvalue weighted by atomic mass is 10.1. The van der Waals surface area contributed by atoms with Gasteiger partial charge in [-0.2, -0.15) is 0 Å². The highest BCUT2D eigenvalue weighted by Crippen LogP contribution is 2.28. The van der Waals surface area contributed by atoms with Crippen molar-refractivity contribution in [1.29, 1.82) is 0 Å². The summed E-state index contributed by atoms with van der Waals surface area (Å²) < 4.78 is 0. The van der Waals surface area contributed by atoms with Crippen LogP contribution in [0, 0.1) is 0 Å². The zero-order valence-electron chi connectivity index (χ0n) is 11.4. The first-order valence-corrected chi connectivity index (χ1v) is 7.47. The summed E-state index contributed by atoms with van der Waals surface area (Å²) in [4.78, 5) is 5.20. The van der Waals surface area contributed by atoms with E-state index in [2.05, 4.69) is 27.5 Å². The Hall–Kier alpha value is -0.200. The summed E-state index contributed by atoms with van der Waals surface area (Å²) in [6.45, 7) is 3.41. The molecule has 3 atom stereocenters. The summed E-state index contributed by atoms with van der Waals surface area (Å²) in [5, 5.41) is 6.92. The predicted octanol–water partition coefficient (Wildman–Crippen LogP) is -0.304. The molecule has 0 spiro atoms. The third-order valence-corrected chi connectivity index (χ3v) is 4.91. The van der Waals surface area contributed by atoms with Gasteiger partial charge in [-0.25, -0.2) is 0 Å². The Morgan fingerprint density at radius 3 is 2.67 bits per heavy atom. The maximum absolute atomic E-state index is 6.03. The van der Waals surface area contributed by atoms with Crippen LogP contribution >= 0.6 is 0 Å². The van der Waals surface area contributed by atoms with Gasteiger partial charge in [-0.3, -0.25) is 20.4 Å². The molecular weight excluding hydrogens is 226 g/mol. The van der Waals surface area contributed by atoms with Gasteiger partial charge in [0.2, 0.25) is 0 Å². The van der Waals surface area contributed by atoms with Gasteiger partial charge in [-0.05, 0) is 32.9 Å². The number of likely N-dealkylation sites (N-methyl/N-ethyl adjacent to an activating group) is 1. The standard InChI is InChI=1S/C13H27N5/c1-17-7-4-8-18(10-5-2-3-6-10)12-11(17)9-15-13(14)16-12/h10-13,15-16H,2-9,14H2,1H3. The van der Waals surface area contributed by atoms with Crippen LogP contribution in [0.1, 0.15) is 32.1 Å². The van der Waals surface area contributed by atoms with Crippen LogP contribution in [0.15, 0.2) is 0 Å². The molecule has 0 radical (unpaired) electrons. The highest BCUT2D eigenvalue weighted by molar-refractivity contribution is 4.95. The summed E-state index contributed by atoms with van der Waals surface area (Å²) >= 11 is 0. The number of rotatable bonds is 1. The molecule has 0 aromatic rings. The maximum atomic E-state index is 6.03. The molecule has 3 aliphatic rings. The second-order valence-electron chi connectivity index (χ2n) is 6.08. The molecule has 0 bridgehead atoms. The summed E-state index contributed by atoms with van der Waals surface area (Å²) in [5.74, 6) is 0. The van der Waals surface area contributed by atoms with Gasteiger partial charge >= 0.3 is 0 Å². The van der Waals surface area contributed by atoms with E-state index in [9.17, 15) is 0 Å². The van der Waals surface area contributed by atoms with Gasteiger partial charge in [0.15, 0.2) is 0 Å². The molecule has 3 rings (SSSR count). The summed E-state index contributed by atoms with van der Waals surface area (Å²) in [6, 6.07) is 1.33. The molecule has 2 heterocycles. The number of nitrogens with one attached hydrogen (secondary N) is 2. The first kappa shape index (κ1) is 12.8. The van der Waals surface area contributed by atoms with Crippen molar-refractivity contribution >= 4 is 0 Å². The Bertz CT molecular complexity index is 279. The van der Waals surface area contributed by atoms with Crippen molar-refractivity contribution < 1.29 is 0 Å². The predicted molar refractivity (Wildman–Crippen MR) is 72.9 cm³/mol. The Kier molecular flexibility index (Phi) is 3.86. The molecular formula is C13H27N5. The van der Waals surface area contributed by atoms with E-state index in [0.717, 1.165) is 12.6 Å². The smallest absolute Gasteiger partial charge is 0.110 e. The highest BCUT2D eigenvalue weighted by atomic mass is 15.4. The van der Waals surface area contributed by atoms with E-state index < -0.39 is 0 Å². The SMILES string of the molecule is CN1CCCN(C2CCCC2)C2NC(N)NCC21. The first-order chi connectivity index (χ1) is 8.75. The average Bonchev–Trinajstić information content (AvgIpc) is 2.83. The van der Waals surface area contributed by atoms with Crippen LogP contribution in [-0.4, -0.2) is 61.0 Å². The maximum Gasteiger partial charge on any atom is 0.110 e. The van der Waals surface area contributed by atoms with Gasteiger partial charge < -0.3 is 5.73 Å². The van der Waals surface area contributed by atoms with E-state index in [1.807, 2.05) is 0 Å². The van der Waals surface area contributed by atoms with E-state index in [4.69, 9.17) is 5.73 Å². The van der Waals surface area contributed by atoms with Crippen molar-refractivity contribution in [3.63, 3.8) is 0 Å². The van der Waals surface area contributed by atoms with Gasteiger partial charge in [0.1, 0.15) is 6.29 Å². The van der Waals surface area contributed by atoms with E-state index in [-0.39, 0.29) is 6.29 Å². The number of fused-ring (bicyclic) bond motifs is 1. The summed E-state index contributed by atoms with van der Waals surface area (Å²) in [5.41, 5.74) is 6.03. The van der Waals surface area contributed by atoms with E-state index in [1.165, 1.54) is 45.2 Å². The van der Waals surface area contributed by atoms with Crippen molar-refractivity contribution in [2.75, 3.05) is 26.7 Å². The normalized spacial score (nSPS) is 40.7. The number of hydrogen-bond acceptors (Lipinski definition) is 5. The second kappa shape index (κ2) is 5.43. The van der Waals surface area contributed by atoms with Crippen LogP contribution < -0.4 is 16.4 Å². The number of nitrogens with two attached hydrogens (primary N) is 1. The van der Waals surface area contributed by atoms with Crippen molar-refractivity contribution in [2.45, 2.75) is 56.6 Å². The van der Waals surface area contributed by atoms with Gasteiger partial charge in [0.05, 0.1) is 12.2 Å². The highest BCUT2D eigenvalue weighted by Gasteiger charge is 2.39. The van der Waals surface area contributed by atoms with Crippen LogP contribution in [0.25, 0.3) is 0 Å². The molecule has 0 amide bonds. The molecule has 5 heteroatoms. The molecule has 5 nitrogen and oxygen atoms in total. The van der Waals surface area contributed by atoms with Crippen molar-refractivity contribution in [3.8, 4) is 0 Å². The minimum atomic E-state index is -0.0540. The lowest BCUT2D eigenvalue weighted by Gasteiger charge is -2.46. The van der Waals surface area contributed by atoms with Crippen LogP contribution in [-0.2, 0) is 0 Å². The van der Waals surface area contributed by atoms with Gasteiger partial charge in [0, 0.05) is 19.1 Å². The first-order valence-electron chi connectivity index (χ1n) is 7.47. The second-order valence-corrected chi connectivity index (χ2v) is 6.08. The summed E-state index contributed by atoms with van der Waals surface area (Å²) in [7, 11) is 2.25. The molecule has 1 aliphatic carbocycles. The Morgan fingerprint density at radius 1 is 1.11 bits per heavy atom. The van der Waals surface area contributed by atoms with Crippen molar-refractivity contribution in [1.82, 2.24) is 20.4 Å². The molecule has 1 saturated carbocycles. The number of hydrogen-bond donors (Lipinski definition) is 3. The molecule has 3 fully saturated rings. The van der Waals surface area contributed by atoms with E-state index in [1.54, 1.807) is 0 Å². The molecule has 0 aromatic heterocycles. The van der Waals surface area contributed by atoms with E-state index in [0.29, 0.717) is 12.2 Å². The minimum Gasteiger partial charge on any atom is -0.304 e. The van der Waals surface area contributed by atoms with Crippen molar-refractivity contribution in [3.05, 3.63) is 0 Å². The fourth-order valence-corrected chi connectivity index (χ4v) is 3.88. The van der Waals surface area contributed by atoms with Crippen LogP contribution in [0.5, 0.6) is 0 Å². The van der Waals surface area contributed by atoms with Crippen LogP contribution in [0.4, 0.5) is 0 Å². The topological polar surface area (TPSA) is 56.6 Å². The van der Waals surface area contributed by atoms with E-state index >= 15 is 0 Å². The Balaban J connectivity index is 1.78. The molecule has 2 saturated heterocycles. The zero-order chi connectivity index (χ0) is 12.5. The quantitative estimate of drug-likeness (QED) is 0.599. The minimum absolute atomic E-state index is 0.0540.